The van der Waals surface area contributed by atoms with Crippen LogP contribution in [-0.4, -0.2) is 19.9 Å². The molecule has 1 unspecified atom stereocenters. The first-order valence-corrected chi connectivity index (χ1v) is 6.06. The maximum atomic E-state index is 12.4. The SMILES string of the molecule is Cn1nccc1CCC(O)c1ccc(C(F)(F)F)cn1. The first kappa shape index (κ1) is 14.5. The van der Waals surface area contributed by atoms with Crippen LogP contribution in [-0.2, 0) is 19.6 Å². The first-order chi connectivity index (χ1) is 9.38. The van der Waals surface area contributed by atoms with Gasteiger partial charge in [-0.15, -0.1) is 0 Å². The van der Waals surface area contributed by atoms with Crippen LogP contribution < -0.4 is 0 Å². The fraction of sp³-hybridized carbons (Fsp3) is 0.385. The third-order valence-corrected chi connectivity index (χ3v) is 3.05. The lowest BCUT2D eigenvalue weighted by atomic mass is 10.1. The lowest BCUT2D eigenvalue weighted by Gasteiger charge is -2.11. The van der Waals surface area contributed by atoms with E-state index in [1.165, 1.54) is 6.07 Å². The van der Waals surface area contributed by atoms with E-state index in [4.69, 9.17) is 0 Å². The van der Waals surface area contributed by atoms with Crippen molar-refractivity contribution < 1.29 is 18.3 Å². The molecule has 1 N–H and O–H groups in total. The third-order valence-electron chi connectivity index (χ3n) is 3.05. The van der Waals surface area contributed by atoms with Gasteiger partial charge in [-0.3, -0.25) is 9.67 Å². The molecular weight excluding hydrogens is 271 g/mol. The number of aromatic nitrogens is 3. The van der Waals surface area contributed by atoms with Crippen molar-refractivity contribution in [1.82, 2.24) is 14.8 Å². The summed E-state index contributed by atoms with van der Waals surface area (Å²) in [4.78, 5) is 3.68. The lowest BCUT2D eigenvalue weighted by molar-refractivity contribution is -0.137. The number of nitrogens with zero attached hydrogens (tertiary/aromatic N) is 3. The van der Waals surface area contributed by atoms with Gasteiger partial charge >= 0.3 is 6.18 Å². The van der Waals surface area contributed by atoms with Gasteiger partial charge in [0.1, 0.15) is 0 Å². The smallest absolute Gasteiger partial charge is 0.387 e. The molecule has 0 amide bonds. The second-order valence-corrected chi connectivity index (χ2v) is 4.47. The molecule has 7 heteroatoms. The van der Waals surface area contributed by atoms with Gasteiger partial charge in [-0.1, -0.05) is 0 Å². The van der Waals surface area contributed by atoms with Gasteiger partial charge in [0.15, 0.2) is 0 Å². The Kier molecular flexibility index (Phi) is 4.08. The van der Waals surface area contributed by atoms with Crippen molar-refractivity contribution >= 4 is 0 Å². The second-order valence-electron chi connectivity index (χ2n) is 4.47. The van der Waals surface area contributed by atoms with Crippen molar-refractivity contribution in [2.75, 3.05) is 0 Å². The first-order valence-electron chi connectivity index (χ1n) is 6.06. The minimum Gasteiger partial charge on any atom is -0.387 e. The number of pyridine rings is 1. The molecule has 2 rings (SSSR count). The molecule has 0 aromatic carbocycles. The van der Waals surface area contributed by atoms with Gasteiger partial charge < -0.3 is 5.11 Å². The molecule has 0 fully saturated rings. The minimum absolute atomic E-state index is 0.236. The molecule has 0 radical (unpaired) electrons. The van der Waals surface area contributed by atoms with Gasteiger partial charge in [-0.25, -0.2) is 0 Å². The number of alkyl halides is 3. The highest BCUT2D eigenvalue weighted by Gasteiger charge is 2.30. The zero-order valence-electron chi connectivity index (χ0n) is 10.8. The molecule has 0 bridgehead atoms. The summed E-state index contributed by atoms with van der Waals surface area (Å²) in [6.45, 7) is 0. The van der Waals surface area contributed by atoms with E-state index in [1.807, 2.05) is 6.07 Å². The molecule has 108 valence electrons. The molecular formula is C13H14F3N3O. The average molecular weight is 285 g/mol. The minimum atomic E-state index is -4.41. The molecule has 0 aliphatic carbocycles. The topological polar surface area (TPSA) is 50.9 Å². The standard InChI is InChI=1S/C13H14F3N3O/c1-19-10(6-7-18-19)3-5-12(20)11-4-2-9(8-17-11)13(14,15)16/h2,4,6-8,12,20H,3,5H2,1H3. The molecule has 0 aliphatic heterocycles. The van der Waals surface area contributed by atoms with Crippen LogP contribution in [0.1, 0.15) is 29.5 Å². The summed E-state index contributed by atoms with van der Waals surface area (Å²) in [5.41, 5.74) is 0.358. The summed E-state index contributed by atoms with van der Waals surface area (Å²) in [6, 6.07) is 3.96. The summed E-state index contributed by atoms with van der Waals surface area (Å²) < 4.78 is 38.8. The number of rotatable bonds is 4. The van der Waals surface area contributed by atoms with Gasteiger partial charge in [-0.2, -0.15) is 18.3 Å². The van der Waals surface area contributed by atoms with Gasteiger partial charge in [0.25, 0.3) is 0 Å². The van der Waals surface area contributed by atoms with E-state index in [1.54, 1.807) is 17.9 Å². The monoisotopic (exact) mass is 285 g/mol. The third kappa shape index (κ3) is 3.36. The van der Waals surface area contributed by atoms with Crippen molar-refractivity contribution in [2.45, 2.75) is 25.1 Å². The predicted molar refractivity (Wildman–Crippen MR) is 65.7 cm³/mol. The molecule has 1 atom stereocenters. The average Bonchev–Trinajstić information content (AvgIpc) is 2.81. The summed E-state index contributed by atoms with van der Waals surface area (Å²) >= 11 is 0. The Bertz CT molecular complexity index is 563. The van der Waals surface area contributed by atoms with Crippen LogP contribution >= 0.6 is 0 Å². The number of hydrogen-bond acceptors (Lipinski definition) is 3. The molecule has 2 aromatic rings. The number of hydrogen-bond donors (Lipinski definition) is 1. The Morgan fingerprint density at radius 1 is 1.30 bits per heavy atom. The van der Waals surface area contributed by atoms with Crippen LogP contribution in [0, 0.1) is 0 Å². The van der Waals surface area contributed by atoms with Crippen molar-refractivity contribution in [2.24, 2.45) is 7.05 Å². The zero-order valence-corrected chi connectivity index (χ0v) is 10.8. The van der Waals surface area contributed by atoms with Gasteiger partial charge in [0, 0.05) is 25.1 Å². The highest BCUT2D eigenvalue weighted by molar-refractivity contribution is 5.18. The van der Waals surface area contributed by atoms with Crippen molar-refractivity contribution in [3.8, 4) is 0 Å². The molecule has 2 aromatic heterocycles. The maximum Gasteiger partial charge on any atom is 0.417 e. The van der Waals surface area contributed by atoms with E-state index in [-0.39, 0.29) is 5.69 Å². The fourth-order valence-electron chi connectivity index (χ4n) is 1.85. The van der Waals surface area contributed by atoms with Gasteiger partial charge in [-0.05, 0) is 31.0 Å². The van der Waals surface area contributed by atoms with Crippen LogP contribution in [0.25, 0.3) is 0 Å². The molecule has 0 aliphatic rings. The van der Waals surface area contributed by atoms with Crippen LogP contribution in [0.15, 0.2) is 30.6 Å². The quantitative estimate of drug-likeness (QED) is 0.939. The van der Waals surface area contributed by atoms with Gasteiger partial charge in [0.2, 0.25) is 0 Å². The Morgan fingerprint density at radius 3 is 2.55 bits per heavy atom. The number of halogens is 3. The molecule has 4 nitrogen and oxygen atoms in total. The number of aryl methyl sites for hydroxylation is 2. The Hall–Kier alpha value is -1.89. The number of aliphatic hydroxyl groups is 1. The van der Waals surface area contributed by atoms with E-state index in [0.717, 1.165) is 18.0 Å². The van der Waals surface area contributed by atoms with E-state index in [0.29, 0.717) is 12.8 Å². The van der Waals surface area contributed by atoms with Crippen LogP contribution in [0.4, 0.5) is 13.2 Å². The van der Waals surface area contributed by atoms with E-state index in [2.05, 4.69) is 10.1 Å². The number of aliphatic hydroxyl groups excluding tert-OH is 1. The normalized spacial score (nSPS) is 13.4. The van der Waals surface area contributed by atoms with Crippen molar-refractivity contribution in [3.05, 3.63) is 47.5 Å². The van der Waals surface area contributed by atoms with Crippen molar-refractivity contribution in [3.63, 3.8) is 0 Å². The van der Waals surface area contributed by atoms with E-state index >= 15 is 0 Å². The summed E-state index contributed by atoms with van der Waals surface area (Å²) in [6.07, 6.45) is -1.98. The van der Waals surface area contributed by atoms with E-state index < -0.39 is 17.8 Å². The Balaban J connectivity index is 1.99. The Morgan fingerprint density at radius 2 is 2.05 bits per heavy atom. The lowest BCUT2D eigenvalue weighted by Crippen LogP contribution is -2.08. The van der Waals surface area contributed by atoms with Crippen LogP contribution in [0.2, 0.25) is 0 Å². The Labute approximate surface area is 113 Å². The van der Waals surface area contributed by atoms with E-state index in [9.17, 15) is 18.3 Å². The highest BCUT2D eigenvalue weighted by atomic mass is 19.4. The summed E-state index contributed by atoms with van der Waals surface area (Å²) in [5, 5.41) is 13.9. The largest absolute Gasteiger partial charge is 0.417 e. The molecule has 0 saturated heterocycles. The molecule has 20 heavy (non-hydrogen) atoms. The van der Waals surface area contributed by atoms with Gasteiger partial charge in [0.05, 0.1) is 17.4 Å². The highest BCUT2D eigenvalue weighted by Crippen LogP contribution is 2.29. The van der Waals surface area contributed by atoms with Crippen LogP contribution in [0.5, 0.6) is 0 Å². The molecule has 0 saturated carbocycles. The summed E-state index contributed by atoms with van der Waals surface area (Å²) in [5.74, 6) is 0. The summed E-state index contributed by atoms with van der Waals surface area (Å²) in [7, 11) is 1.79. The predicted octanol–water partition coefficient (Wildman–Crippen LogP) is 2.50. The fourth-order valence-corrected chi connectivity index (χ4v) is 1.85. The van der Waals surface area contributed by atoms with Crippen molar-refractivity contribution in [1.29, 1.82) is 0 Å². The molecule has 2 heterocycles. The van der Waals surface area contributed by atoms with Crippen LogP contribution in [0.3, 0.4) is 0 Å². The second kappa shape index (κ2) is 5.62. The zero-order chi connectivity index (χ0) is 14.8. The maximum absolute atomic E-state index is 12.4. The molecule has 0 spiro atoms.